The molecule has 0 bridgehead atoms. The molecular formula is C27H38ClN3O3S. The van der Waals surface area contributed by atoms with Crippen molar-refractivity contribution in [1.29, 1.82) is 0 Å². The van der Waals surface area contributed by atoms with Crippen molar-refractivity contribution in [2.75, 3.05) is 50.8 Å². The van der Waals surface area contributed by atoms with Gasteiger partial charge in [0.1, 0.15) is 5.60 Å². The normalized spacial score (nSPS) is 15.6. The lowest BCUT2D eigenvalue weighted by Crippen LogP contribution is -2.50. The van der Waals surface area contributed by atoms with Gasteiger partial charge in [0.25, 0.3) is 0 Å². The summed E-state index contributed by atoms with van der Waals surface area (Å²) in [4.78, 5) is 21.5. The van der Waals surface area contributed by atoms with Gasteiger partial charge in [0, 0.05) is 60.6 Å². The summed E-state index contributed by atoms with van der Waals surface area (Å²) in [6.07, 6.45) is 1.16. The first kappa shape index (κ1) is 27.7. The highest BCUT2D eigenvalue weighted by molar-refractivity contribution is 7.99. The van der Waals surface area contributed by atoms with Crippen molar-refractivity contribution >= 4 is 40.8 Å². The van der Waals surface area contributed by atoms with E-state index in [1.165, 1.54) is 21.2 Å². The second-order valence-electron chi connectivity index (χ2n) is 9.12. The average molecular weight is 520 g/mol. The molecule has 35 heavy (non-hydrogen) atoms. The number of amides is 1. The second-order valence-corrected chi connectivity index (χ2v) is 10.6. The van der Waals surface area contributed by atoms with E-state index in [2.05, 4.69) is 46.2 Å². The van der Waals surface area contributed by atoms with Gasteiger partial charge in [0.05, 0.1) is 11.4 Å². The lowest BCUT2D eigenvalue weighted by Gasteiger charge is -2.37. The number of hydrogen-bond acceptors (Lipinski definition) is 6. The number of benzene rings is 2. The number of para-hydroxylation sites is 1. The molecule has 0 radical (unpaired) electrons. The third kappa shape index (κ3) is 7.29. The highest BCUT2D eigenvalue weighted by atomic mass is 35.5. The summed E-state index contributed by atoms with van der Waals surface area (Å²) in [6.45, 7) is 12.5. The number of fused-ring (bicyclic) bond motifs is 2. The van der Waals surface area contributed by atoms with Crippen molar-refractivity contribution < 1.29 is 14.6 Å². The minimum absolute atomic E-state index is 0.00488. The van der Waals surface area contributed by atoms with Crippen LogP contribution in [0.4, 0.5) is 16.2 Å². The molecule has 2 aromatic carbocycles. The van der Waals surface area contributed by atoms with Crippen LogP contribution in [0.5, 0.6) is 0 Å². The number of nitrogens with zero attached hydrogens (tertiary/aromatic N) is 3. The van der Waals surface area contributed by atoms with Gasteiger partial charge in [-0.25, -0.2) is 4.79 Å². The number of hydrogen-bond donors (Lipinski definition) is 1. The fraction of sp³-hybridized carbons (Fsp3) is 0.519. The Kier molecular flexibility index (Phi) is 10.2. The Morgan fingerprint density at radius 3 is 2.43 bits per heavy atom. The zero-order chi connectivity index (χ0) is 25.4. The molecule has 1 N–H and O–H groups in total. The van der Waals surface area contributed by atoms with E-state index < -0.39 is 5.60 Å². The zero-order valence-electron chi connectivity index (χ0n) is 21.3. The largest absolute Gasteiger partial charge is 0.443 e. The monoisotopic (exact) mass is 519 g/mol. The molecule has 0 aromatic heterocycles. The summed E-state index contributed by atoms with van der Waals surface area (Å²) < 4.78 is 5.58. The number of halogens is 1. The van der Waals surface area contributed by atoms with Crippen molar-refractivity contribution in [2.45, 2.75) is 55.9 Å². The highest BCUT2D eigenvalue weighted by Gasteiger charge is 2.28. The summed E-state index contributed by atoms with van der Waals surface area (Å²) in [6, 6.07) is 14.6. The molecule has 1 amide bonds. The molecule has 2 heterocycles. The summed E-state index contributed by atoms with van der Waals surface area (Å²) >= 11 is 8.11. The van der Waals surface area contributed by atoms with E-state index in [4.69, 9.17) is 21.4 Å². The number of carbonyl (C=O) groups excluding carboxylic acids is 1. The fourth-order valence-electron chi connectivity index (χ4n) is 4.27. The topological polar surface area (TPSA) is 56.3 Å². The Balaban J connectivity index is 0.00000167. The van der Waals surface area contributed by atoms with Gasteiger partial charge in [0.15, 0.2) is 0 Å². The predicted molar refractivity (Wildman–Crippen MR) is 145 cm³/mol. The molecule has 1 fully saturated rings. The van der Waals surface area contributed by atoms with Crippen LogP contribution in [-0.4, -0.2) is 72.5 Å². The molecule has 1 saturated heterocycles. The van der Waals surface area contributed by atoms with Crippen LogP contribution >= 0.6 is 23.4 Å². The quantitative estimate of drug-likeness (QED) is 0.465. The summed E-state index contributed by atoms with van der Waals surface area (Å²) in [5.41, 5.74) is 1.75. The van der Waals surface area contributed by atoms with E-state index in [1.807, 2.05) is 33.8 Å². The minimum Gasteiger partial charge on any atom is -0.443 e. The van der Waals surface area contributed by atoms with Crippen LogP contribution in [0.1, 0.15) is 40.5 Å². The maximum Gasteiger partial charge on any atom is 0.410 e. The fourth-order valence-corrected chi connectivity index (χ4v) is 5.51. The van der Waals surface area contributed by atoms with Crippen molar-refractivity contribution in [3.05, 3.63) is 47.5 Å². The lowest BCUT2D eigenvalue weighted by molar-refractivity contribution is -0.00755. The Morgan fingerprint density at radius 1 is 1.03 bits per heavy atom. The van der Waals surface area contributed by atoms with Crippen LogP contribution in [0, 0.1) is 0 Å². The third-order valence-corrected chi connectivity index (χ3v) is 7.52. The summed E-state index contributed by atoms with van der Waals surface area (Å²) in [7, 11) is 0. The molecule has 0 unspecified atom stereocenters. The van der Waals surface area contributed by atoms with Crippen molar-refractivity contribution in [2.24, 2.45) is 0 Å². The van der Waals surface area contributed by atoms with E-state index in [1.54, 1.807) is 16.7 Å². The Hall–Kier alpha value is -1.93. The van der Waals surface area contributed by atoms with Crippen molar-refractivity contribution in [3.63, 3.8) is 0 Å². The van der Waals surface area contributed by atoms with Gasteiger partial charge in [-0.3, -0.25) is 4.90 Å². The number of piperazine rings is 1. The van der Waals surface area contributed by atoms with Gasteiger partial charge in [-0.15, -0.1) is 0 Å². The van der Waals surface area contributed by atoms with E-state index in [0.29, 0.717) is 19.5 Å². The number of carbonyl (C=O) groups is 1. The van der Waals surface area contributed by atoms with Crippen molar-refractivity contribution in [1.82, 2.24) is 9.80 Å². The highest BCUT2D eigenvalue weighted by Crippen LogP contribution is 2.48. The number of rotatable bonds is 7. The molecule has 192 valence electrons. The molecule has 0 spiro atoms. The average Bonchev–Trinajstić information content (AvgIpc) is 2.85. The van der Waals surface area contributed by atoms with Crippen LogP contribution < -0.4 is 4.90 Å². The number of aliphatic hydroxyl groups excluding tert-OH is 1. The summed E-state index contributed by atoms with van der Waals surface area (Å²) in [5.74, 6) is 0. The van der Waals surface area contributed by atoms with Gasteiger partial charge in [-0.05, 0) is 57.1 Å². The summed E-state index contributed by atoms with van der Waals surface area (Å²) in [5, 5.41) is 9.89. The standard InChI is InChI=1S/C25H32ClN3O3S.C2H6/c1-25(2,10-17-30)32-24(31)28-15-13-27(14-16-28)11-5-12-29-20-6-3-4-7-22(20)33-23-9-8-19(26)18-21(23)29;1-2/h3-4,6-9,18,30H,5,10-17H2,1-2H3;1-2H3. The predicted octanol–water partition coefficient (Wildman–Crippen LogP) is 6.27. The van der Waals surface area contributed by atoms with Crippen LogP contribution in [0.25, 0.3) is 0 Å². The first-order valence-electron chi connectivity index (χ1n) is 12.5. The van der Waals surface area contributed by atoms with Crippen LogP contribution in [0.2, 0.25) is 5.02 Å². The maximum absolute atomic E-state index is 12.5. The minimum atomic E-state index is -0.648. The molecule has 6 nitrogen and oxygen atoms in total. The van der Waals surface area contributed by atoms with Crippen molar-refractivity contribution in [3.8, 4) is 0 Å². The number of anilines is 2. The van der Waals surface area contributed by atoms with Crippen LogP contribution in [0.15, 0.2) is 52.3 Å². The molecular weight excluding hydrogens is 482 g/mol. The lowest BCUT2D eigenvalue weighted by atomic mass is 10.1. The third-order valence-electron chi connectivity index (χ3n) is 6.15. The molecule has 2 aliphatic rings. The molecule has 0 aliphatic carbocycles. The Bertz CT molecular complexity index is 980. The van der Waals surface area contributed by atoms with Crippen LogP contribution in [-0.2, 0) is 4.74 Å². The smallest absolute Gasteiger partial charge is 0.410 e. The SMILES string of the molecule is CC.CC(C)(CCO)OC(=O)N1CCN(CCCN2c3ccccc3Sc3ccc(Cl)cc32)CC1. The molecule has 4 rings (SSSR count). The van der Waals surface area contributed by atoms with Gasteiger partial charge in [-0.2, -0.15) is 0 Å². The molecule has 2 aliphatic heterocycles. The van der Waals surface area contributed by atoms with Gasteiger partial charge < -0.3 is 19.6 Å². The van der Waals surface area contributed by atoms with Gasteiger partial charge >= 0.3 is 6.09 Å². The van der Waals surface area contributed by atoms with Crippen LogP contribution in [0.3, 0.4) is 0 Å². The van der Waals surface area contributed by atoms with Gasteiger partial charge in [-0.1, -0.05) is 49.3 Å². The molecule has 2 aromatic rings. The van der Waals surface area contributed by atoms with E-state index in [9.17, 15) is 4.79 Å². The molecule has 0 atom stereocenters. The second kappa shape index (κ2) is 12.9. The molecule has 0 saturated carbocycles. The molecule has 8 heteroatoms. The maximum atomic E-state index is 12.5. The number of ether oxygens (including phenoxy) is 1. The zero-order valence-corrected chi connectivity index (χ0v) is 22.9. The van der Waals surface area contributed by atoms with E-state index in [-0.39, 0.29) is 12.7 Å². The Labute approximate surface area is 219 Å². The van der Waals surface area contributed by atoms with E-state index in [0.717, 1.165) is 37.6 Å². The number of aliphatic hydroxyl groups is 1. The first-order chi connectivity index (χ1) is 16.9. The Morgan fingerprint density at radius 2 is 1.71 bits per heavy atom. The van der Waals surface area contributed by atoms with E-state index >= 15 is 0 Å². The first-order valence-corrected chi connectivity index (χ1v) is 13.7. The van der Waals surface area contributed by atoms with Gasteiger partial charge in [0.2, 0.25) is 0 Å².